The highest BCUT2D eigenvalue weighted by molar-refractivity contribution is 7.92. The summed E-state index contributed by atoms with van der Waals surface area (Å²) in [7, 11) is -3.76. The number of hydrogen-bond acceptors (Lipinski definition) is 4. The Balaban J connectivity index is 1.91. The first-order valence-electron chi connectivity index (χ1n) is 11.2. The number of nitrogens with zero attached hydrogens (tertiary/aromatic N) is 1. The number of sulfone groups is 1. The monoisotopic (exact) mass is 459 g/mol. The molecule has 0 N–H and O–H groups in total. The number of fused-ring (bicyclic) bond motifs is 4. The summed E-state index contributed by atoms with van der Waals surface area (Å²) in [6.07, 6.45) is 0. The zero-order valence-corrected chi connectivity index (χ0v) is 21.0. The van der Waals surface area contributed by atoms with Gasteiger partial charge in [-0.2, -0.15) is 0 Å². The zero-order chi connectivity index (χ0) is 23.9. The van der Waals surface area contributed by atoms with Crippen LogP contribution in [0.3, 0.4) is 0 Å². The van der Waals surface area contributed by atoms with Crippen LogP contribution in [0.5, 0.6) is 0 Å². The van der Waals surface area contributed by atoms with E-state index in [0.717, 1.165) is 27.9 Å². The van der Waals surface area contributed by atoms with Crippen molar-refractivity contribution in [2.75, 3.05) is 4.90 Å². The molecular weight excluding hydrogens is 430 g/mol. The lowest BCUT2D eigenvalue weighted by molar-refractivity contribution is 0.580. The van der Waals surface area contributed by atoms with Gasteiger partial charge in [0.1, 0.15) is 10.5 Å². The molecule has 1 aliphatic rings. The first-order chi connectivity index (χ1) is 15.4. The van der Waals surface area contributed by atoms with Crippen molar-refractivity contribution in [1.82, 2.24) is 0 Å². The molecule has 0 atom stereocenters. The van der Waals surface area contributed by atoms with Gasteiger partial charge in [0.25, 0.3) is 0 Å². The van der Waals surface area contributed by atoms with E-state index in [1.165, 1.54) is 5.56 Å². The number of rotatable bonds is 1. The molecule has 2 heterocycles. The van der Waals surface area contributed by atoms with Crippen LogP contribution >= 0.6 is 0 Å². The summed E-state index contributed by atoms with van der Waals surface area (Å²) < 4.78 is 34.0. The van der Waals surface area contributed by atoms with Crippen LogP contribution in [0.4, 0.5) is 17.3 Å². The van der Waals surface area contributed by atoms with Gasteiger partial charge in [-0.3, -0.25) is 4.90 Å². The average Bonchev–Trinajstić information content (AvgIpc) is 3.08. The lowest BCUT2D eigenvalue weighted by Gasteiger charge is -2.33. The summed E-state index contributed by atoms with van der Waals surface area (Å²) in [6.45, 7) is 14.7. The van der Waals surface area contributed by atoms with E-state index in [0.29, 0.717) is 27.4 Å². The number of furan rings is 1. The molecule has 3 aromatic carbocycles. The molecule has 0 saturated heterocycles. The molecule has 0 fully saturated rings. The van der Waals surface area contributed by atoms with Gasteiger partial charge < -0.3 is 4.42 Å². The van der Waals surface area contributed by atoms with Gasteiger partial charge in [-0.25, -0.2) is 8.42 Å². The first kappa shape index (κ1) is 21.8. The predicted molar refractivity (Wildman–Crippen MR) is 134 cm³/mol. The first-order valence-corrected chi connectivity index (χ1v) is 12.7. The molecular formula is C28H29NO3S. The van der Waals surface area contributed by atoms with E-state index >= 15 is 0 Å². The van der Waals surface area contributed by atoms with Gasteiger partial charge in [0, 0.05) is 5.39 Å². The lowest BCUT2D eigenvalue weighted by Crippen LogP contribution is -2.23. The molecule has 0 amide bonds. The normalized spacial score (nSPS) is 14.9. The van der Waals surface area contributed by atoms with Crippen molar-refractivity contribution in [2.24, 2.45) is 0 Å². The Morgan fingerprint density at radius 1 is 0.818 bits per heavy atom. The number of aryl methyl sites for hydroxylation is 4. The van der Waals surface area contributed by atoms with E-state index in [1.54, 1.807) is 6.07 Å². The molecule has 0 spiro atoms. The molecule has 0 radical (unpaired) electrons. The Bertz CT molecular complexity index is 1530. The van der Waals surface area contributed by atoms with E-state index in [4.69, 9.17) is 4.42 Å². The van der Waals surface area contributed by atoms with Crippen molar-refractivity contribution >= 4 is 38.1 Å². The Morgan fingerprint density at radius 2 is 1.42 bits per heavy atom. The van der Waals surface area contributed by atoms with Gasteiger partial charge in [-0.1, -0.05) is 50.6 Å². The molecule has 1 aromatic heterocycles. The Hall–Kier alpha value is -3.05. The van der Waals surface area contributed by atoms with Gasteiger partial charge in [-0.05, 0) is 79.6 Å². The molecule has 5 rings (SSSR count). The van der Waals surface area contributed by atoms with Crippen LogP contribution in [0.1, 0.15) is 48.6 Å². The fourth-order valence-corrected chi connectivity index (χ4v) is 6.59. The zero-order valence-electron chi connectivity index (χ0n) is 20.2. The summed E-state index contributed by atoms with van der Waals surface area (Å²) in [5.74, 6) is 0.363. The molecule has 4 aromatic rings. The third kappa shape index (κ3) is 3.21. The molecule has 0 saturated carbocycles. The fourth-order valence-electron chi connectivity index (χ4n) is 4.79. The van der Waals surface area contributed by atoms with Crippen molar-refractivity contribution in [2.45, 2.75) is 63.7 Å². The molecule has 1 aliphatic heterocycles. The fraction of sp³-hybridized carbons (Fsp3) is 0.286. The Kier molecular flexibility index (Phi) is 4.60. The summed E-state index contributed by atoms with van der Waals surface area (Å²) >= 11 is 0. The van der Waals surface area contributed by atoms with Crippen LogP contribution in [-0.2, 0) is 15.3 Å². The second-order valence-electron chi connectivity index (χ2n) is 10.3. The number of anilines is 3. The van der Waals surface area contributed by atoms with Crippen molar-refractivity contribution in [3.63, 3.8) is 0 Å². The molecule has 0 unspecified atom stereocenters. The van der Waals surface area contributed by atoms with Crippen molar-refractivity contribution in [1.29, 1.82) is 0 Å². The second kappa shape index (κ2) is 6.97. The smallest absolute Gasteiger partial charge is 0.225 e. The minimum absolute atomic E-state index is 0.0103. The van der Waals surface area contributed by atoms with Gasteiger partial charge in [0.2, 0.25) is 15.7 Å². The molecule has 4 nitrogen and oxygen atoms in total. The van der Waals surface area contributed by atoms with Crippen LogP contribution in [0, 0.1) is 27.7 Å². The molecule has 170 valence electrons. The SMILES string of the molecule is Cc1ccc2c(c1)S(=O)(=O)c1c(oc3ccc(C)cc13)N2c1c(C)cc(C(C)(C)C)cc1C. The van der Waals surface area contributed by atoms with Gasteiger partial charge in [0.05, 0.1) is 16.3 Å². The van der Waals surface area contributed by atoms with E-state index < -0.39 is 9.84 Å². The molecule has 33 heavy (non-hydrogen) atoms. The van der Waals surface area contributed by atoms with Gasteiger partial charge in [0.15, 0.2) is 0 Å². The number of hydrogen-bond donors (Lipinski definition) is 0. The maximum Gasteiger partial charge on any atom is 0.225 e. The summed E-state index contributed by atoms with van der Waals surface area (Å²) in [5.41, 5.74) is 7.46. The summed E-state index contributed by atoms with van der Waals surface area (Å²) in [5, 5.41) is 0.628. The van der Waals surface area contributed by atoms with Crippen molar-refractivity contribution < 1.29 is 12.8 Å². The van der Waals surface area contributed by atoms with Crippen molar-refractivity contribution in [3.05, 3.63) is 76.3 Å². The maximum atomic E-state index is 13.9. The topological polar surface area (TPSA) is 50.5 Å². The highest BCUT2D eigenvalue weighted by Crippen LogP contribution is 2.53. The minimum atomic E-state index is -3.76. The minimum Gasteiger partial charge on any atom is -0.438 e. The number of benzene rings is 3. The average molecular weight is 460 g/mol. The summed E-state index contributed by atoms with van der Waals surface area (Å²) in [6, 6.07) is 15.7. The van der Waals surface area contributed by atoms with Crippen LogP contribution in [-0.4, -0.2) is 8.42 Å². The van der Waals surface area contributed by atoms with Crippen LogP contribution < -0.4 is 4.90 Å². The van der Waals surface area contributed by atoms with E-state index in [1.807, 2.05) is 49.1 Å². The van der Waals surface area contributed by atoms with Crippen LogP contribution in [0.15, 0.2) is 62.7 Å². The molecule has 0 bridgehead atoms. The standard InChI is InChI=1S/C28H29NO3S/c1-16-9-11-23-21(12-16)26-27(32-23)29(22-10-8-17(2)13-24(22)33(26,30)31)25-18(3)14-20(15-19(25)4)28(5,6)7/h8-15H,1-7H3. The van der Waals surface area contributed by atoms with Gasteiger partial charge >= 0.3 is 0 Å². The van der Waals surface area contributed by atoms with E-state index in [-0.39, 0.29) is 10.3 Å². The third-order valence-electron chi connectivity index (χ3n) is 6.48. The lowest BCUT2D eigenvalue weighted by atomic mass is 9.84. The molecule has 5 heteroatoms. The third-order valence-corrected chi connectivity index (χ3v) is 8.32. The van der Waals surface area contributed by atoms with Crippen molar-refractivity contribution in [3.8, 4) is 0 Å². The Morgan fingerprint density at radius 3 is 2.06 bits per heavy atom. The second-order valence-corrected chi connectivity index (χ2v) is 12.1. The maximum absolute atomic E-state index is 13.9. The van der Waals surface area contributed by atoms with E-state index in [2.05, 4.69) is 46.8 Å². The highest BCUT2D eigenvalue weighted by Gasteiger charge is 2.41. The van der Waals surface area contributed by atoms with Crippen LogP contribution in [0.2, 0.25) is 0 Å². The van der Waals surface area contributed by atoms with Crippen LogP contribution in [0.25, 0.3) is 11.0 Å². The predicted octanol–water partition coefficient (Wildman–Crippen LogP) is 7.58. The largest absolute Gasteiger partial charge is 0.438 e. The molecule has 0 aliphatic carbocycles. The highest BCUT2D eigenvalue weighted by atomic mass is 32.2. The Labute approximate surface area is 195 Å². The quantitative estimate of drug-likeness (QED) is 0.259. The van der Waals surface area contributed by atoms with Gasteiger partial charge in [-0.15, -0.1) is 0 Å². The van der Waals surface area contributed by atoms with E-state index in [9.17, 15) is 8.42 Å². The summed E-state index contributed by atoms with van der Waals surface area (Å²) in [4.78, 5) is 2.56.